The second-order valence-corrected chi connectivity index (χ2v) is 8.40. The van der Waals surface area contributed by atoms with E-state index in [2.05, 4.69) is 17.2 Å². The van der Waals surface area contributed by atoms with Gasteiger partial charge in [0.05, 0.1) is 16.8 Å². The highest BCUT2D eigenvalue weighted by molar-refractivity contribution is 8.00. The van der Waals surface area contributed by atoms with Crippen LogP contribution in [0, 0.1) is 0 Å². The fourth-order valence-electron chi connectivity index (χ4n) is 3.37. The number of carbonyl (C=O) groups excluding carboxylic acids is 2. The zero-order valence-corrected chi connectivity index (χ0v) is 17.2. The SMILES string of the molecule is CCn1nnc2cc(C(=O)OCC(=O)N3CCC(C)Sc4ccccc43)ccc21. The van der Waals surface area contributed by atoms with Gasteiger partial charge in [0.1, 0.15) is 5.52 Å². The lowest BCUT2D eigenvalue weighted by Gasteiger charge is -2.22. The number of ether oxygens (including phenoxy) is 1. The van der Waals surface area contributed by atoms with Crippen molar-refractivity contribution in [1.29, 1.82) is 0 Å². The van der Waals surface area contributed by atoms with Gasteiger partial charge < -0.3 is 9.64 Å². The molecule has 3 aromatic rings. The topological polar surface area (TPSA) is 77.3 Å². The van der Waals surface area contributed by atoms with Gasteiger partial charge in [-0.2, -0.15) is 0 Å². The molecule has 1 aliphatic rings. The van der Waals surface area contributed by atoms with Gasteiger partial charge in [0.2, 0.25) is 0 Å². The Bertz CT molecular complexity index is 1070. The van der Waals surface area contributed by atoms with Gasteiger partial charge in [0, 0.05) is 23.2 Å². The van der Waals surface area contributed by atoms with Crippen LogP contribution in [0.3, 0.4) is 0 Å². The molecule has 2 aromatic carbocycles. The van der Waals surface area contributed by atoms with Crippen LogP contribution in [-0.4, -0.2) is 45.3 Å². The molecule has 0 bridgehead atoms. The number of amides is 1. The van der Waals surface area contributed by atoms with Crippen molar-refractivity contribution in [3.8, 4) is 0 Å². The molecule has 4 rings (SSSR count). The number of para-hydroxylation sites is 1. The third kappa shape index (κ3) is 3.98. The first-order valence-corrected chi connectivity index (χ1v) is 10.5. The third-order valence-electron chi connectivity index (χ3n) is 4.92. The summed E-state index contributed by atoms with van der Waals surface area (Å²) in [4.78, 5) is 28.1. The highest BCUT2D eigenvalue weighted by atomic mass is 32.2. The summed E-state index contributed by atoms with van der Waals surface area (Å²) < 4.78 is 7.07. The highest BCUT2D eigenvalue weighted by Gasteiger charge is 2.25. The van der Waals surface area contributed by atoms with Crippen molar-refractivity contribution in [2.24, 2.45) is 0 Å². The maximum Gasteiger partial charge on any atom is 0.338 e. The minimum Gasteiger partial charge on any atom is -0.452 e. The van der Waals surface area contributed by atoms with Crippen molar-refractivity contribution >= 4 is 40.4 Å². The molecule has 0 fully saturated rings. The number of carbonyl (C=O) groups is 2. The monoisotopic (exact) mass is 410 g/mol. The molecule has 0 N–H and O–H groups in total. The second-order valence-electron chi connectivity index (χ2n) is 6.92. The maximum absolute atomic E-state index is 12.8. The van der Waals surface area contributed by atoms with E-state index in [-0.39, 0.29) is 12.5 Å². The molecule has 0 saturated heterocycles. The first kappa shape index (κ1) is 19.4. The maximum atomic E-state index is 12.8. The van der Waals surface area contributed by atoms with Crippen LogP contribution in [0.25, 0.3) is 11.0 Å². The number of aryl methyl sites for hydroxylation is 1. The number of nitrogens with zero attached hydrogens (tertiary/aromatic N) is 4. The highest BCUT2D eigenvalue weighted by Crippen LogP contribution is 2.37. The first-order valence-electron chi connectivity index (χ1n) is 9.63. The number of hydrogen-bond donors (Lipinski definition) is 0. The van der Waals surface area contributed by atoms with Crippen molar-refractivity contribution in [2.45, 2.75) is 37.0 Å². The molecule has 8 heteroatoms. The molecule has 1 aromatic heterocycles. The zero-order chi connectivity index (χ0) is 20.4. The van der Waals surface area contributed by atoms with Gasteiger partial charge in [0.25, 0.3) is 5.91 Å². The Morgan fingerprint density at radius 3 is 2.90 bits per heavy atom. The summed E-state index contributed by atoms with van der Waals surface area (Å²) in [6, 6.07) is 12.9. The number of rotatable bonds is 4. The molecule has 7 nitrogen and oxygen atoms in total. The van der Waals surface area contributed by atoms with Crippen molar-refractivity contribution < 1.29 is 14.3 Å². The zero-order valence-electron chi connectivity index (χ0n) is 16.4. The van der Waals surface area contributed by atoms with Gasteiger partial charge in [-0.1, -0.05) is 24.3 Å². The van der Waals surface area contributed by atoms with Gasteiger partial charge in [0.15, 0.2) is 6.61 Å². The van der Waals surface area contributed by atoms with Gasteiger partial charge >= 0.3 is 5.97 Å². The van der Waals surface area contributed by atoms with E-state index < -0.39 is 5.97 Å². The van der Waals surface area contributed by atoms with Gasteiger partial charge in [-0.25, -0.2) is 9.48 Å². The normalized spacial score (nSPS) is 16.3. The van der Waals surface area contributed by atoms with Gasteiger partial charge in [-0.3, -0.25) is 4.79 Å². The molecule has 1 aliphatic heterocycles. The van der Waals surface area contributed by atoms with Crippen LogP contribution >= 0.6 is 11.8 Å². The molecule has 1 atom stereocenters. The minimum atomic E-state index is -0.544. The number of anilines is 1. The summed E-state index contributed by atoms with van der Waals surface area (Å²) in [6.45, 7) is 5.13. The summed E-state index contributed by atoms with van der Waals surface area (Å²) in [5, 5.41) is 8.53. The standard InChI is InChI=1S/C21H22N4O3S/c1-3-25-17-9-8-15(12-16(17)22-23-25)21(27)28-13-20(26)24-11-10-14(2)29-19-7-5-4-6-18(19)24/h4-9,12,14H,3,10-11,13H2,1-2H3. The van der Waals surface area contributed by atoms with E-state index in [0.29, 0.717) is 29.4 Å². The Hall–Kier alpha value is -2.87. The van der Waals surface area contributed by atoms with Crippen molar-refractivity contribution in [3.63, 3.8) is 0 Å². The predicted octanol–water partition coefficient (Wildman–Crippen LogP) is 3.53. The third-order valence-corrected chi connectivity index (χ3v) is 6.16. The van der Waals surface area contributed by atoms with E-state index in [0.717, 1.165) is 22.5 Å². The van der Waals surface area contributed by atoms with Crippen molar-refractivity contribution in [1.82, 2.24) is 15.0 Å². The quantitative estimate of drug-likeness (QED) is 0.613. The smallest absolute Gasteiger partial charge is 0.338 e. The Kier molecular flexibility index (Phi) is 5.53. The Labute approximate surface area is 173 Å². The summed E-state index contributed by atoms with van der Waals surface area (Å²) in [5.41, 5.74) is 2.71. The van der Waals surface area contributed by atoms with Crippen LogP contribution in [-0.2, 0) is 16.1 Å². The van der Waals surface area contributed by atoms with Crippen LogP contribution in [0.5, 0.6) is 0 Å². The Balaban J connectivity index is 1.46. The minimum absolute atomic E-state index is 0.224. The number of fused-ring (bicyclic) bond motifs is 2. The number of aromatic nitrogens is 3. The van der Waals surface area contributed by atoms with E-state index in [1.54, 1.807) is 39.5 Å². The Morgan fingerprint density at radius 2 is 2.07 bits per heavy atom. The fourth-order valence-corrected chi connectivity index (χ4v) is 4.48. The summed E-state index contributed by atoms with van der Waals surface area (Å²) >= 11 is 1.76. The van der Waals surface area contributed by atoms with E-state index in [1.165, 1.54) is 0 Å². The van der Waals surface area contributed by atoms with Crippen molar-refractivity contribution in [3.05, 3.63) is 48.0 Å². The van der Waals surface area contributed by atoms with E-state index in [9.17, 15) is 9.59 Å². The van der Waals surface area contributed by atoms with Gasteiger partial charge in [-0.15, -0.1) is 16.9 Å². The summed E-state index contributed by atoms with van der Waals surface area (Å²) in [7, 11) is 0. The first-order chi connectivity index (χ1) is 14.1. The molecule has 2 heterocycles. The molecule has 1 unspecified atom stereocenters. The molecule has 150 valence electrons. The van der Waals surface area contributed by atoms with Crippen LogP contribution in [0.2, 0.25) is 0 Å². The van der Waals surface area contributed by atoms with Crippen LogP contribution in [0.4, 0.5) is 5.69 Å². The van der Waals surface area contributed by atoms with Crippen LogP contribution in [0.15, 0.2) is 47.4 Å². The average molecular weight is 410 g/mol. The van der Waals surface area contributed by atoms with E-state index in [4.69, 9.17) is 4.74 Å². The van der Waals surface area contributed by atoms with Crippen LogP contribution in [0.1, 0.15) is 30.6 Å². The molecule has 0 radical (unpaired) electrons. The molecule has 0 aliphatic carbocycles. The van der Waals surface area contributed by atoms with E-state index >= 15 is 0 Å². The average Bonchev–Trinajstić information content (AvgIpc) is 3.07. The number of hydrogen-bond acceptors (Lipinski definition) is 6. The molecule has 29 heavy (non-hydrogen) atoms. The number of benzene rings is 2. The molecular weight excluding hydrogens is 388 g/mol. The van der Waals surface area contributed by atoms with Crippen molar-refractivity contribution in [2.75, 3.05) is 18.1 Å². The second kappa shape index (κ2) is 8.24. The lowest BCUT2D eigenvalue weighted by molar-refractivity contribution is -0.121. The lowest BCUT2D eigenvalue weighted by atomic mass is 10.2. The molecule has 1 amide bonds. The molecular formula is C21H22N4O3S. The predicted molar refractivity (Wildman–Crippen MR) is 112 cm³/mol. The van der Waals surface area contributed by atoms with Gasteiger partial charge in [-0.05, 0) is 43.7 Å². The number of esters is 1. The largest absolute Gasteiger partial charge is 0.452 e. The lowest BCUT2D eigenvalue weighted by Crippen LogP contribution is -2.35. The van der Waals surface area contributed by atoms with E-state index in [1.807, 2.05) is 31.2 Å². The molecule has 0 saturated carbocycles. The summed E-state index contributed by atoms with van der Waals surface area (Å²) in [5.74, 6) is -0.768. The fraction of sp³-hybridized carbons (Fsp3) is 0.333. The number of thioether (sulfide) groups is 1. The van der Waals surface area contributed by atoms with Crippen LogP contribution < -0.4 is 4.90 Å². The Morgan fingerprint density at radius 1 is 1.24 bits per heavy atom. The summed E-state index contributed by atoms with van der Waals surface area (Å²) in [6.07, 6.45) is 0.878. The molecule has 0 spiro atoms.